The van der Waals surface area contributed by atoms with Gasteiger partial charge < -0.3 is 4.90 Å². The molecule has 1 amide bonds. The summed E-state index contributed by atoms with van der Waals surface area (Å²) in [6, 6.07) is 5.56. The molecular formula is C14H17Cl2NO. The summed E-state index contributed by atoms with van der Waals surface area (Å²) in [5.74, 6) is 0.00838. The average molecular weight is 286 g/mol. The van der Waals surface area contributed by atoms with Gasteiger partial charge in [-0.25, -0.2) is 0 Å². The van der Waals surface area contributed by atoms with Crippen LogP contribution in [-0.2, 0) is 0 Å². The normalized spacial score (nSPS) is 19.9. The SMILES string of the molecule is CCC1CCCCN1C(=O)c1cccc(Cl)c1Cl. The molecule has 1 saturated heterocycles. The lowest BCUT2D eigenvalue weighted by atomic mass is 9.99. The van der Waals surface area contributed by atoms with Crippen LogP contribution in [0.5, 0.6) is 0 Å². The lowest BCUT2D eigenvalue weighted by Crippen LogP contribution is -2.43. The van der Waals surface area contributed by atoms with Crippen LogP contribution in [-0.4, -0.2) is 23.4 Å². The number of hydrogen-bond acceptors (Lipinski definition) is 1. The Morgan fingerprint density at radius 2 is 2.17 bits per heavy atom. The minimum Gasteiger partial charge on any atom is -0.336 e. The molecule has 0 saturated carbocycles. The Hall–Kier alpha value is -0.730. The molecule has 0 N–H and O–H groups in total. The zero-order chi connectivity index (χ0) is 13.1. The molecule has 1 aromatic rings. The number of amides is 1. The third kappa shape index (κ3) is 2.65. The summed E-state index contributed by atoms with van der Waals surface area (Å²) in [5.41, 5.74) is 0.518. The summed E-state index contributed by atoms with van der Waals surface area (Å²) < 4.78 is 0. The highest BCUT2D eigenvalue weighted by atomic mass is 35.5. The van der Waals surface area contributed by atoms with Gasteiger partial charge in [-0.15, -0.1) is 0 Å². The van der Waals surface area contributed by atoms with Crippen molar-refractivity contribution in [1.82, 2.24) is 4.90 Å². The van der Waals surface area contributed by atoms with Crippen LogP contribution in [0, 0.1) is 0 Å². The minimum absolute atomic E-state index is 0.00838. The molecule has 0 spiro atoms. The zero-order valence-corrected chi connectivity index (χ0v) is 12.0. The number of piperidine rings is 1. The lowest BCUT2D eigenvalue weighted by Gasteiger charge is -2.35. The van der Waals surface area contributed by atoms with Gasteiger partial charge in [0.1, 0.15) is 0 Å². The van der Waals surface area contributed by atoms with Crippen LogP contribution in [0.25, 0.3) is 0 Å². The molecule has 98 valence electrons. The third-order valence-electron chi connectivity index (χ3n) is 3.54. The number of halogens is 2. The molecule has 1 heterocycles. The van der Waals surface area contributed by atoms with Crippen molar-refractivity contribution < 1.29 is 4.79 Å². The van der Waals surface area contributed by atoms with Crippen LogP contribution in [0.4, 0.5) is 0 Å². The van der Waals surface area contributed by atoms with Crippen LogP contribution in [0.15, 0.2) is 18.2 Å². The van der Waals surface area contributed by atoms with Gasteiger partial charge >= 0.3 is 0 Å². The van der Waals surface area contributed by atoms with Crippen LogP contribution in [0.1, 0.15) is 43.0 Å². The molecule has 1 fully saturated rings. The number of carbonyl (C=O) groups is 1. The van der Waals surface area contributed by atoms with Crippen molar-refractivity contribution in [2.75, 3.05) is 6.54 Å². The molecule has 0 radical (unpaired) electrons. The van der Waals surface area contributed by atoms with E-state index in [9.17, 15) is 4.79 Å². The number of benzene rings is 1. The molecule has 0 aliphatic carbocycles. The van der Waals surface area contributed by atoms with Gasteiger partial charge in [0.25, 0.3) is 5.91 Å². The van der Waals surface area contributed by atoms with E-state index < -0.39 is 0 Å². The first-order chi connectivity index (χ1) is 8.65. The minimum atomic E-state index is 0.00838. The van der Waals surface area contributed by atoms with Crippen LogP contribution >= 0.6 is 23.2 Å². The molecule has 2 rings (SSSR count). The predicted octanol–water partition coefficient (Wildman–Crippen LogP) is 4.40. The summed E-state index contributed by atoms with van der Waals surface area (Å²) in [4.78, 5) is 14.5. The second-order valence-corrected chi connectivity index (χ2v) is 5.44. The fourth-order valence-corrected chi connectivity index (χ4v) is 2.90. The number of nitrogens with zero attached hydrogens (tertiary/aromatic N) is 1. The Morgan fingerprint density at radius 1 is 1.39 bits per heavy atom. The largest absolute Gasteiger partial charge is 0.336 e. The van der Waals surface area contributed by atoms with Gasteiger partial charge in [0, 0.05) is 12.6 Å². The van der Waals surface area contributed by atoms with Crippen LogP contribution in [0.3, 0.4) is 0 Å². The third-order valence-corrected chi connectivity index (χ3v) is 4.36. The first kappa shape index (κ1) is 13.7. The molecule has 1 atom stereocenters. The molecule has 2 nitrogen and oxygen atoms in total. The van der Waals surface area contributed by atoms with E-state index in [4.69, 9.17) is 23.2 Å². The Morgan fingerprint density at radius 3 is 2.89 bits per heavy atom. The van der Waals surface area contributed by atoms with Crippen molar-refractivity contribution in [3.8, 4) is 0 Å². The highest BCUT2D eigenvalue weighted by Gasteiger charge is 2.27. The fourth-order valence-electron chi connectivity index (χ4n) is 2.52. The van der Waals surface area contributed by atoms with Gasteiger partial charge in [0.05, 0.1) is 15.6 Å². The van der Waals surface area contributed by atoms with Gasteiger partial charge in [-0.1, -0.05) is 36.2 Å². The first-order valence-corrected chi connectivity index (χ1v) is 7.15. The molecule has 1 unspecified atom stereocenters. The van der Waals surface area contributed by atoms with Gasteiger partial charge in [0.15, 0.2) is 0 Å². The lowest BCUT2D eigenvalue weighted by molar-refractivity contribution is 0.0608. The van der Waals surface area contributed by atoms with Gasteiger partial charge in [0.2, 0.25) is 0 Å². The number of carbonyl (C=O) groups excluding carboxylic acids is 1. The molecule has 0 aromatic heterocycles. The molecule has 4 heteroatoms. The Balaban J connectivity index is 2.27. The average Bonchev–Trinajstić information content (AvgIpc) is 2.41. The fraction of sp³-hybridized carbons (Fsp3) is 0.500. The van der Waals surface area contributed by atoms with E-state index in [2.05, 4.69) is 6.92 Å². The maximum atomic E-state index is 12.5. The quantitative estimate of drug-likeness (QED) is 0.789. The van der Waals surface area contributed by atoms with Crippen LogP contribution < -0.4 is 0 Å². The Bertz CT molecular complexity index is 447. The van der Waals surface area contributed by atoms with Crippen molar-refractivity contribution in [3.63, 3.8) is 0 Å². The maximum absolute atomic E-state index is 12.5. The monoisotopic (exact) mass is 285 g/mol. The first-order valence-electron chi connectivity index (χ1n) is 6.40. The predicted molar refractivity (Wildman–Crippen MR) is 75.4 cm³/mol. The number of rotatable bonds is 2. The molecule has 1 aliphatic rings. The van der Waals surface area contributed by atoms with Crippen molar-refractivity contribution in [2.45, 2.75) is 38.6 Å². The van der Waals surface area contributed by atoms with Crippen molar-refractivity contribution >= 4 is 29.1 Å². The number of hydrogen-bond donors (Lipinski definition) is 0. The van der Waals surface area contributed by atoms with E-state index in [0.717, 1.165) is 25.8 Å². The summed E-state index contributed by atoms with van der Waals surface area (Å²) in [6.45, 7) is 2.94. The zero-order valence-electron chi connectivity index (χ0n) is 10.5. The van der Waals surface area contributed by atoms with E-state index >= 15 is 0 Å². The maximum Gasteiger partial charge on any atom is 0.255 e. The van der Waals surface area contributed by atoms with E-state index in [1.54, 1.807) is 18.2 Å². The second kappa shape index (κ2) is 5.94. The van der Waals surface area contributed by atoms with E-state index in [1.807, 2.05) is 4.90 Å². The molecular weight excluding hydrogens is 269 g/mol. The summed E-state index contributed by atoms with van der Waals surface area (Å²) >= 11 is 12.1. The van der Waals surface area contributed by atoms with Crippen molar-refractivity contribution in [2.24, 2.45) is 0 Å². The molecule has 1 aliphatic heterocycles. The number of likely N-dealkylation sites (tertiary alicyclic amines) is 1. The Kier molecular flexibility index (Phi) is 4.52. The molecule has 0 bridgehead atoms. The summed E-state index contributed by atoms with van der Waals surface area (Å²) in [6.07, 6.45) is 4.34. The van der Waals surface area contributed by atoms with Gasteiger partial charge in [-0.05, 0) is 37.8 Å². The second-order valence-electron chi connectivity index (χ2n) is 4.66. The van der Waals surface area contributed by atoms with Crippen molar-refractivity contribution in [3.05, 3.63) is 33.8 Å². The van der Waals surface area contributed by atoms with Gasteiger partial charge in [-0.2, -0.15) is 0 Å². The van der Waals surface area contributed by atoms with E-state index in [0.29, 0.717) is 21.7 Å². The van der Waals surface area contributed by atoms with E-state index in [-0.39, 0.29) is 5.91 Å². The molecule has 1 aromatic carbocycles. The van der Waals surface area contributed by atoms with Crippen LogP contribution in [0.2, 0.25) is 10.0 Å². The summed E-state index contributed by atoms with van der Waals surface area (Å²) in [7, 11) is 0. The highest BCUT2D eigenvalue weighted by molar-refractivity contribution is 6.43. The standard InChI is InChI=1S/C14H17Cl2NO/c1-2-10-6-3-4-9-17(10)14(18)11-7-5-8-12(15)13(11)16/h5,7-8,10H,2-4,6,9H2,1H3. The van der Waals surface area contributed by atoms with Crippen molar-refractivity contribution in [1.29, 1.82) is 0 Å². The molecule has 18 heavy (non-hydrogen) atoms. The smallest absolute Gasteiger partial charge is 0.255 e. The van der Waals surface area contributed by atoms with E-state index in [1.165, 1.54) is 6.42 Å². The topological polar surface area (TPSA) is 20.3 Å². The Labute approximate surface area is 118 Å². The summed E-state index contributed by atoms with van der Waals surface area (Å²) in [5, 5.41) is 0.803. The van der Waals surface area contributed by atoms with Gasteiger partial charge in [-0.3, -0.25) is 4.79 Å². The highest BCUT2D eigenvalue weighted by Crippen LogP contribution is 2.29.